The number of guanidine groups is 1. The van der Waals surface area contributed by atoms with E-state index in [0.717, 1.165) is 11.1 Å². The van der Waals surface area contributed by atoms with E-state index >= 15 is 0 Å². The second-order valence-corrected chi connectivity index (χ2v) is 11.5. The molecule has 39 heavy (non-hydrogen) atoms. The zero-order valence-corrected chi connectivity index (χ0v) is 23.2. The molecule has 1 aliphatic rings. The first-order valence-corrected chi connectivity index (χ1v) is 14.7. The highest BCUT2D eigenvalue weighted by atomic mass is 32.2. The minimum absolute atomic E-state index is 0.0357. The monoisotopic (exact) mass is 545 g/mol. The van der Waals surface area contributed by atoms with Gasteiger partial charge in [-0.25, -0.2) is 8.42 Å². The molecule has 2 N–H and O–H groups in total. The Hall–Kier alpha value is -3.71. The van der Waals surface area contributed by atoms with Gasteiger partial charge in [0.05, 0.1) is 4.90 Å². The van der Waals surface area contributed by atoms with Crippen LogP contribution in [0.2, 0.25) is 0 Å². The van der Waals surface area contributed by atoms with Gasteiger partial charge in [-0.1, -0.05) is 74.5 Å². The summed E-state index contributed by atoms with van der Waals surface area (Å²) in [6, 6.07) is 26.0. The van der Waals surface area contributed by atoms with E-state index in [0.29, 0.717) is 50.7 Å². The summed E-state index contributed by atoms with van der Waals surface area (Å²) in [7, 11) is -3.55. The average molecular weight is 546 g/mol. The maximum absolute atomic E-state index is 12.8. The van der Waals surface area contributed by atoms with Crippen LogP contribution in [0.3, 0.4) is 0 Å². The van der Waals surface area contributed by atoms with Crippen LogP contribution in [0.25, 0.3) is 0 Å². The fourth-order valence-corrected chi connectivity index (χ4v) is 6.77. The van der Waals surface area contributed by atoms with Crippen molar-refractivity contribution in [1.29, 1.82) is 5.26 Å². The minimum Gasteiger partial charge on any atom is -0.380 e. The molecule has 0 radical (unpaired) electrons. The number of hydrogen-bond donors (Lipinski definition) is 2. The van der Waals surface area contributed by atoms with Crippen LogP contribution in [-0.4, -0.2) is 54.9 Å². The standard InChI is InChI=1S/C30H35N5O3S/c1-3-35(4-2)39(37,38)28-17-15-27(16-18-28)33-29(32-23-31)34-21-19-26(20-22-34)30(36,24-11-7-5-8-12-24)25-13-9-6-10-14-25/h5-18,26,36H,3-4,19-22H2,1-2H3,(H,32,33). The van der Waals surface area contributed by atoms with Gasteiger partial charge < -0.3 is 15.3 Å². The second-order valence-electron chi connectivity index (χ2n) is 9.53. The highest BCUT2D eigenvalue weighted by Gasteiger charge is 2.42. The summed E-state index contributed by atoms with van der Waals surface area (Å²) in [5, 5.41) is 24.7. The third kappa shape index (κ3) is 5.98. The smallest absolute Gasteiger partial charge is 0.243 e. The van der Waals surface area contributed by atoms with E-state index in [-0.39, 0.29) is 10.8 Å². The van der Waals surface area contributed by atoms with E-state index < -0.39 is 15.6 Å². The first-order chi connectivity index (χ1) is 18.8. The highest BCUT2D eigenvalue weighted by molar-refractivity contribution is 7.89. The van der Waals surface area contributed by atoms with E-state index in [1.54, 1.807) is 24.3 Å². The molecule has 3 aromatic rings. The van der Waals surface area contributed by atoms with Gasteiger partial charge in [0.1, 0.15) is 5.60 Å². The molecule has 0 bridgehead atoms. The largest absolute Gasteiger partial charge is 0.380 e. The number of hydrogen-bond acceptors (Lipinski definition) is 5. The van der Waals surface area contributed by atoms with Crippen molar-refractivity contribution in [2.75, 3.05) is 31.5 Å². The lowest BCUT2D eigenvalue weighted by Gasteiger charge is -2.43. The molecule has 0 aromatic heterocycles. The van der Waals surface area contributed by atoms with Crippen LogP contribution >= 0.6 is 0 Å². The number of nitrogens with one attached hydrogen (secondary N) is 1. The van der Waals surface area contributed by atoms with Crippen molar-refractivity contribution < 1.29 is 13.5 Å². The van der Waals surface area contributed by atoms with Gasteiger partial charge in [0.2, 0.25) is 22.2 Å². The van der Waals surface area contributed by atoms with E-state index in [1.165, 1.54) is 4.31 Å². The number of aliphatic hydroxyl groups is 1. The average Bonchev–Trinajstić information content (AvgIpc) is 2.98. The Labute approximate surface area is 231 Å². The molecule has 0 unspecified atom stereocenters. The van der Waals surface area contributed by atoms with Gasteiger partial charge in [0.25, 0.3) is 0 Å². The number of aliphatic imine (C=N–C) groups is 1. The molecule has 9 heteroatoms. The molecule has 1 aliphatic heterocycles. The Morgan fingerprint density at radius 1 is 0.974 bits per heavy atom. The van der Waals surface area contributed by atoms with Crippen molar-refractivity contribution in [1.82, 2.24) is 9.21 Å². The van der Waals surface area contributed by atoms with E-state index in [9.17, 15) is 18.8 Å². The Kier molecular flexibility index (Phi) is 9.02. The van der Waals surface area contributed by atoms with Crippen molar-refractivity contribution in [2.24, 2.45) is 10.9 Å². The lowest BCUT2D eigenvalue weighted by molar-refractivity contribution is -0.00653. The summed E-state index contributed by atoms with van der Waals surface area (Å²) >= 11 is 0. The van der Waals surface area contributed by atoms with Crippen LogP contribution < -0.4 is 5.32 Å². The molecule has 1 heterocycles. The molecule has 8 nitrogen and oxygen atoms in total. The molecular weight excluding hydrogens is 510 g/mol. The SMILES string of the molecule is CCN(CC)S(=O)(=O)c1ccc(N/C(=N/C#N)N2CCC(C(O)(c3ccccc3)c3ccccc3)CC2)cc1. The first-order valence-electron chi connectivity index (χ1n) is 13.3. The summed E-state index contributed by atoms with van der Waals surface area (Å²) in [5.74, 6) is 0.365. The molecule has 1 fully saturated rings. The quantitative estimate of drug-likeness (QED) is 0.243. The molecule has 3 aromatic carbocycles. The molecule has 0 spiro atoms. The van der Waals surface area contributed by atoms with E-state index in [1.807, 2.05) is 85.6 Å². The Balaban J connectivity index is 1.50. The van der Waals surface area contributed by atoms with Gasteiger partial charge in [-0.05, 0) is 54.2 Å². The lowest BCUT2D eigenvalue weighted by atomic mass is 9.72. The zero-order valence-electron chi connectivity index (χ0n) is 22.4. The number of nitrogens with zero attached hydrogens (tertiary/aromatic N) is 4. The summed E-state index contributed by atoms with van der Waals surface area (Å²) in [6.45, 7) is 5.61. The normalized spacial score (nSPS) is 15.3. The van der Waals surface area contributed by atoms with Gasteiger partial charge in [-0.3, -0.25) is 0 Å². The van der Waals surface area contributed by atoms with Crippen LogP contribution in [0.1, 0.15) is 37.8 Å². The van der Waals surface area contributed by atoms with E-state index in [4.69, 9.17) is 0 Å². The summed E-state index contributed by atoms with van der Waals surface area (Å²) in [6.07, 6.45) is 3.25. The van der Waals surface area contributed by atoms with Crippen LogP contribution in [0, 0.1) is 17.4 Å². The summed E-state index contributed by atoms with van der Waals surface area (Å²) in [5.41, 5.74) is 1.22. The number of benzene rings is 3. The van der Waals surface area contributed by atoms with E-state index in [2.05, 4.69) is 10.3 Å². The van der Waals surface area contributed by atoms with Crippen molar-refractivity contribution in [3.63, 3.8) is 0 Å². The molecule has 1 saturated heterocycles. The zero-order chi connectivity index (χ0) is 27.9. The van der Waals surface area contributed by atoms with Crippen LogP contribution in [0.4, 0.5) is 5.69 Å². The number of rotatable bonds is 8. The predicted octanol–water partition coefficient (Wildman–Crippen LogP) is 4.61. The highest BCUT2D eigenvalue weighted by Crippen LogP contribution is 2.42. The minimum atomic E-state index is -3.55. The molecule has 204 valence electrons. The Morgan fingerprint density at radius 2 is 1.49 bits per heavy atom. The Morgan fingerprint density at radius 3 is 1.95 bits per heavy atom. The third-order valence-corrected chi connectivity index (χ3v) is 9.49. The number of nitriles is 1. The van der Waals surface area contributed by atoms with Crippen molar-refractivity contribution >= 4 is 21.7 Å². The van der Waals surface area contributed by atoms with Crippen molar-refractivity contribution in [3.8, 4) is 6.19 Å². The topological polar surface area (TPSA) is 109 Å². The molecule has 0 atom stereocenters. The van der Waals surface area contributed by atoms with Gasteiger partial charge in [0.15, 0.2) is 0 Å². The second kappa shape index (κ2) is 12.4. The van der Waals surface area contributed by atoms with Crippen LogP contribution in [-0.2, 0) is 15.6 Å². The molecule has 4 rings (SSSR count). The fourth-order valence-electron chi connectivity index (χ4n) is 5.31. The fraction of sp³-hybridized carbons (Fsp3) is 0.333. The van der Waals surface area contributed by atoms with Crippen molar-refractivity contribution in [3.05, 3.63) is 96.1 Å². The predicted molar refractivity (Wildman–Crippen MR) is 153 cm³/mol. The van der Waals surface area contributed by atoms with Gasteiger partial charge >= 0.3 is 0 Å². The maximum Gasteiger partial charge on any atom is 0.243 e. The summed E-state index contributed by atoms with van der Waals surface area (Å²) < 4.78 is 27.0. The first kappa shape index (κ1) is 28.3. The maximum atomic E-state index is 12.8. The third-order valence-electron chi connectivity index (χ3n) is 7.42. The summed E-state index contributed by atoms with van der Waals surface area (Å²) in [4.78, 5) is 6.24. The number of sulfonamides is 1. The van der Waals surface area contributed by atoms with Gasteiger partial charge in [-0.2, -0.15) is 9.57 Å². The molecule has 0 aliphatic carbocycles. The van der Waals surface area contributed by atoms with Crippen LogP contribution in [0.5, 0.6) is 0 Å². The number of piperidine rings is 1. The molecule has 0 saturated carbocycles. The molecular formula is C30H35N5O3S. The number of likely N-dealkylation sites (tertiary alicyclic amines) is 1. The van der Waals surface area contributed by atoms with Crippen LogP contribution in [0.15, 0.2) is 94.8 Å². The van der Waals surface area contributed by atoms with Gasteiger partial charge in [0, 0.05) is 31.9 Å². The van der Waals surface area contributed by atoms with Gasteiger partial charge in [-0.15, -0.1) is 4.99 Å². The number of anilines is 1. The van der Waals surface area contributed by atoms with Crippen molar-refractivity contribution in [2.45, 2.75) is 37.2 Å². The Bertz CT molecular complexity index is 1350. The lowest BCUT2D eigenvalue weighted by Crippen LogP contribution is -2.47. The molecule has 0 amide bonds.